The number of anilines is 2. The molecule has 2 aromatic rings. The molecule has 0 spiro atoms. The maximum absolute atomic E-state index is 6.14. The van der Waals surface area contributed by atoms with Crippen LogP contribution in [0.3, 0.4) is 0 Å². The molecule has 0 fully saturated rings. The molecule has 0 amide bonds. The first kappa shape index (κ1) is 14.9. The van der Waals surface area contributed by atoms with Crippen LogP contribution in [0.1, 0.15) is 19.7 Å². The number of hydrogen-bond donors (Lipinski definition) is 2. The van der Waals surface area contributed by atoms with Gasteiger partial charge in [-0.3, -0.25) is 0 Å². The van der Waals surface area contributed by atoms with E-state index in [1.807, 2.05) is 18.4 Å². The smallest absolute Gasteiger partial charge is 0.152 e. The maximum atomic E-state index is 6.14. The van der Waals surface area contributed by atoms with E-state index in [1.165, 1.54) is 0 Å². The van der Waals surface area contributed by atoms with Gasteiger partial charge in [-0.1, -0.05) is 23.2 Å². The Bertz CT molecular complexity index is 583. The molecule has 0 saturated heterocycles. The van der Waals surface area contributed by atoms with Gasteiger partial charge in [-0.05, 0) is 19.9 Å². The molecule has 2 heterocycles. The molecule has 0 atom stereocenters. The zero-order chi connectivity index (χ0) is 14.5. The highest BCUT2D eigenvalue weighted by molar-refractivity contribution is 6.37. The van der Waals surface area contributed by atoms with Crippen molar-refractivity contribution in [3.8, 4) is 0 Å². The highest BCUT2D eigenvalue weighted by Gasteiger charge is 2.10. The number of halogens is 2. The van der Waals surface area contributed by atoms with Gasteiger partial charge in [0.15, 0.2) is 5.82 Å². The number of nitrogens with zero attached hydrogens (tertiary/aromatic N) is 4. The minimum absolute atomic E-state index is 0.471. The van der Waals surface area contributed by atoms with Gasteiger partial charge in [0.05, 0.1) is 16.6 Å². The molecule has 0 bridgehead atoms. The largest absolute Gasteiger partial charge is 0.369 e. The first-order valence-electron chi connectivity index (χ1n) is 6.36. The van der Waals surface area contributed by atoms with Crippen molar-refractivity contribution in [2.75, 3.05) is 17.2 Å². The summed E-state index contributed by atoms with van der Waals surface area (Å²) < 4.78 is 1.95. The summed E-state index contributed by atoms with van der Waals surface area (Å²) >= 11 is 12.2. The Kier molecular flexibility index (Phi) is 5.03. The van der Waals surface area contributed by atoms with E-state index < -0.39 is 0 Å². The van der Waals surface area contributed by atoms with E-state index in [0.717, 1.165) is 18.9 Å². The number of aryl methyl sites for hydroxylation is 1. The minimum atomic E-state index is 0.471. The Morgan fingerprint density at radius 2 is 1.85 bits per heavy atom. The van der Waals surface area contributed by atoms with Crippen molar-refractivity contribution < 1.29 is 0 Å². The van der Waals surface area contributed by atoms with Crippen molar-refractivity contribution in [2.45, 2.75) is 26.9 Å². The molecule has 0 saturated carbocycles. The molecular weight excluding hydrogens is 299 g/mol. The third kappa shape index (κ3) is 3.32. The molecular formula is C12H16Cl2N6. The van der Waals surface area contributed by atoms with Gasteiger partial charge >= 0.3 is 0 Å². The molecule has 0 aliphatic rings. The van der Waals surface area contributed by atoms with Gasteiger partial charge < -0.3 is 15.2 Å². The second kappa shape index (κ2) is 6.76. The van der Waals surface area contributed by atoms with Gasteiger partial charge in [0, 0.05) is 13.1 Å². The Morgan fingerprint density at radius 3 is 2.50 bits per heavy atom. The Morgan fingerprint density at radius 1 is 1.15 bits per heavy atom. The van der Waals surface area contributed by atoms with Crippen LogP contribution in [-0.2, 0) is 13.1 Å². The maximum Gasteiger partial charge on any atom is 0.152 e. The van der Waals surface area contributed by atoms with Gasteiger partial charge in [-0.15, -0.1) is 10.2 Å². The third-order valence-electron chi connectivity index (χ3n) is 2.72. The predicted octanol–water partition coefficient (Wildman–Crippen LogP) is 3.04. The van der Waals surface area contributed by atoms with Crippen LogP contribution >= 0.6 is 23.2 Å². The molecule has 0 radical (unpaired) electrons. The summed E-state index contributed by atoms with van der Waals surface area (Å²) in [7, 11) is 0. The van der Waals surface area contributed by atoms with Crippen LogP contribution in [0.5, 0.6) is 0 Å². The molecule has 8 heteroatoms. The van der Waals surface area contributed by atoms with Crippen LogP contribution in [0.25, 0.3) is 0 Å². The van der Waals surface area contributed by atoms with Crippen molar-refractivity contribution >= 4 is 34.8 Å². The molecule has 0 aromatic carbocycles. The van der Waals surface area contributed by atoms with Crippen LogP contribution in [0.2, 0.25) is 10.0 Å². The fourth-order valence-electron chi connectivity index (χ4n) is 1.72. The number of rotatable bonds is 6. The fourth-order valence-corrected chi connectivity index (χ4v) is 2.22. The molecule has 6 nitrogen and oxygen atoms in total. The van der Waals surface area contributed by atoms with E-state index in [0.29, 0.717) is 28.2 Å². The first-order valence-corrected chi connectivity index (χ1v) is 7.11. The van der Waals surface area contributed by atoms with Crippen LogP contribution in [-0.4, -0.2) is 26.3 Å². The van der Waals surface area contributed by atoms with Crippen LogP contribution in [0.4, 0.5) is 11.6 Å². The van der Waals surface area contributed by atoms with E-state index in [2.05, 4.69) is 25.8 Å². The summed E-state index contributed by atoms with van der Waals surface area (Å²) in [5.41, 5.74) is 0. The molecule has 108 valence electrons. The van der Waals surface area contributed by atoms with E-state index >= 15 is 0 Å². The van der Waals surface area contributed by atoms with Crippen molar-refractivity contribution in [2.24, 2.45) is 0 Å². The third-order valence-corrected chi connectivity index (χ3v) is 3.30. The van der Waals surface area contributed by atoms with Crippen molar-refractivity contribution in [1.29, 1.82) is 0 Å². The van der Waals surface area contributed by atoms with Crippen molar-refractivity contribution in [3.05, 3.63) is 28.3 Å². The lowest BCUT2D eigenvalue weighted by Crippen LogP contribution is -2.10. The van der Waals surface area contributed by atoms with Crippen molar-refractivity contribution in [3.63, 3.8) is 0 Å². The molecule has 20 heavy (non-hydrogen) atoms. The van der Waals surface area contributed by atoms with E-state index in [4.69, 9.17) is 23.2 Å². The van der Waals surface area contributed by atoms with Crippen LogP contribution < -0.4 is 10.6 Å². The number of pyridine rings is 1. The lowest BCUT2D eigenvalue weighted by Gasteiger charge is -2.11. The van der Waals surface area contributed by atoms with Crippen LogP contribution in [0.15, 0.2) is 12.4 Å². The van der Waals surface area contributed by atoms with E-state index in [1.54, 1.807) is 12.4 Å². The zero-order valence-corrected chi connectivity index (χ0v) is 12.8. The highest BCUT2D eigenvalue weighted by Crippen LogP contribution is 2.29. The lowest BCUT2D eigenvalue weighted by molar-refractivity contribution is 0.707. The van der Waals surface area contributed by atoms with E-state index in [-0.39, 0.29) is 0 Å². The second-order valence-electron chi connectivity index (χ2n) is 4.07. The first-order chi connectivity index (χ1) is 9.65. The number of hydrogen-bond acceptors (Lipinski definition) is 5. The summed E-state index contributed by atoms with van der Waals surface area (Å²) in [6.45, 7) is 6.05. The molecule has 0 aliphatic heterocycles. The average Bonchev–Trinajstić information content (AvgIpc) is 2.88. The van der Waals surface area contributed by atoms with E-state index in [9.17, 15) is 0 Å². The molecule has 2 rings (SSSR count). The summed E-state index contributed by atoms with van der Waals surface area (Å²) in [5, 5.41) is 15.1. The number of aromatic nitrogens is 4. The minimum Gasteiger partial charge on any atom is -0.369 e. The Labute approximate surface area is 127 Å². The number of nitrogens with one attached hydrogen (secondary N) is 2. The Balaban J connectivity index is 2.14. The molecule has 0 unspecified atom stereocenters. The summed E-state index contributed by atoms with van der Waals surface area (Å²) in [4.78, 5) is 4.37. The second-order valence-corrected chi connectivity index (χ2v) is 4.88. The fraction of sp³-hybridized carbons (Fsp3) is 0.417. The summed E-state index contributed by atoms with van der Waals surface area (Å²) in [6, 6.07) is 1.67. The highest BCUT2D eigenvalue weighted by atomic mass is 35.5. The Hall–Kier alpha value is -1.53. The predicted molar refractivity (Wildman–Crippen MR) is 81.4 cm³/mol. The topological polar surface area (TPSA) is 67.7 Å². The normalized spacial score (nSPS) is 10.6. The van der Waals surface area contributed by atoms with Crippen molar-refractivity contribution in [1.82, 2.24) is 19.7 Å². The summed E-state index contributed by atoms with van der Waals surface area (Å²) in [6.07, 6.45) is 1.69. The van der Waals surface area contributed by atoms with Gasteiger partial charge in [0.1, 0.15) is 18.0 Å². The summed E-state index contributed by atoms with van der Waals surface area (Å²) in [5.74, 6) is 2.00. The van der Waals surface area contributed by atoms with Gasteiger partial charge in [0.25, 0.3) is 0 Å². The SMILES string of the molecule is CCNc1nc(NCc2nncn2CC)c(Cl)cc1Cl. The quantitative estimate of drug-likeness (QED) is 0.857. The van der Waals surface area contributed by atoms with Crippen LogP contribution in [0, 0.1) is 0 Å². The molecule has 2 N–H and O–H groups in total. The standard InChI is InChI=1S/C12H16Cl2N6/c1-3-15-11-8(13)5-9(14)12(18-11)16-6-10-19-17-7-20(10)4-2/h5,7H,3-4,6H2,1-2H3,(H2,15,16,18). The lowest BCUT2D eigenvalue weighted by atomic mass is 10.4. The average molecular weight is 315 g/mol. The van der Waals surface area contributed by atoms with Gasteiger partial charge in [-0.25, -0.2) is 4.98 Å². The molecule has 0 aliphatic carbocycles. The molecule has 2 aromatic heterocycles. The van der Waals surface area contributed by atoms with Gasteiger partial charge in [0.2, 0.25) is 0 Å². The monoisotopic (exact) mass is 314 g/mol. The van der Waals surface area contributed by atoms with Gasteiger partial charge in [-0.2, -0.15) is 0 Å². The zero-order valence-electron chi connectivity index (χ0n) is 11.3.